The highest BCUT2D eigenvalue weighted by atomic mass is 16.3. The first-order valence-electron chi connectivity index (χ1n) is 10.3. The van der Waals surface area contributed by atoms with E-state index in [0.717, 1.165) is 28.3 Å². The number of hydrogen-bond donors (Lipinski definition) is 1. The van der Waals surface area contributed by atoms with Crippen molar-refractivity contribution in [2.24, 2.45) is 0 Å². The number of rotatable bonds is 2. The molecule has 30 heavy (non-hydrogen) atoms. The predicted octanol–water partition coefficient (Wildman–Crippen LogP) is 7.45. The lowest BCUT2D eigenvalue weighted by Gasteiger charge is -2.14. The molecule has 0 spiro atoms. The molecule has 0 amide bonds. The standard InChI is InChI=1S/C29H20O/c30-27-18-23-17-22-9-4-5-10-25(22)28(23)26-12-6-11-24(29(26)27)21-15-13-20(14-16-21)19-7-2-1-3-8-19/h1-16,18,30H,17H2. The molecule has 1 heteroatoms. The molecule has 0 radical (unpaired) electrons. The zero-order valence-electron chi connectivity index (χ0n) is 16.5. The van der Waals surface area contributed by atoms with Gasteiger partial charge in [-0.1, -0.05) is 97.1 Å². The lowest BCUT2D eigenvalue weighted by atomic mass is 9.91. The Labute approximate surface area is 175 Å². The lowest BCUT2D eigenvalue weighted by Crippen LogP contribution is -1.88. The molecule has 0 aliphatic heterocycles. The minimum atomic E-state index is 0.360. The molecule has 0 saturated heterocycles. The average molecular weight is 384 g/mol. The van der Waals surface area contributed by atoms with Crippen LogP contribution in [0.3, 0.4) is 0 Å². The molecule has 142 valence electrons. The van der Waals surface area contributed by atoms with Gasteiger partial charge >= 0.3 is 0 Å². The van der Waals surface area contributed by atoms with Crippen LogP contribution in [0.5, 0.6) is 5.75 Å². The van der Waals surface area contributed by atoms with E-state index in [9.17, 15) is 5.11 Å². The number of benzene rings is 5. The molecular formula is C29H20O. The van der Waals surface area contributed by atoms with Gasteiger partial charge in [0.25, 0.3) is 0 Å². The first kappa shape index (κ1) is 17.1. The highest BCUT2D eigenvalue weighted by Gasteiger charge is 2.23. The van der Waals surface area contributed by atoms with E-state index in [4.69, 9.17) is 0 Å². The van der Waals surface area contributed by atoms with Crippen molar-refractivity contribution in [3.63, 3.8) is 0 Å². The third-order valence-electron chi connectivity index (χ3n) is 6.19. The summed E-state index contributed by atoms with van der Waals surface area (Å²) < 4.78 is 0. The summed E-state index contributed by atoms with van der Waals surface area (Å²) in [6.07, 6.45) is 0.880. The van der Waals surface area contributed by atoms with Crippen LogP contribution >= 0.6 is 0 Å². The Morgan fingerprint density at radius 1 is 0.533 bits per heavy atom. The Morgan fingerprint density at radius 3 is 2.03 bits per heavy atom. The van der Waals surface area contributed by atoms with Crippen molar-refractivity contribution >= 4 is 10.8 Å². The molecule has 0 saturated carbocycles. The van der Waals surface area contributed by atoms with Gasteiger partial charge in [0.2, 0.25) is 0 Å². The van der Waals surface area contributed by atoms with E-state index in [2.05, 4.69) is 91.0 Å². The molecule has 0 unspecified atom stereocenters. The fraction of sp³-hybridized carbons (Fsp3) is 0.0345. The molecule has 1 nitrogen and oxygen atoms in total. The molecule has 0 heterocycles. The smallest absolute Gasteiger partial charge is 0.124 e. The van der Waals surface area contributed by atoms with Gasteiger partial charge in [0.1, 0.15) is 5.75 Å². The molecule has 6 rings (SSSR count). The van der Waals surface area contributed by atoms with Gasteiger partial charge in [0, 0.05) is 5.39 Å². The second kappa shape index (κ2) is 6.60. The Hall–Kier alpha value is -3.84. The molecule has 5 aromatic carbocycles. The maximum Gasteiger partial charge on any atom is 0.124 e. The van der Waals surface area contributed by atoms with Crippen molar-refractivity contribution < 1.29 is 5.11 Å². The maximum absolute atomic E-state index is 11.0. The van der Waals surface area contributed by atoms with Gasteiger partial charge in [-0.25, -0.2) is 0 Å². The second-order valence-corrected chi connectivity index (χ2v) is 7.94. The van der Waals surface area contributed by atoms with E-state index in [1.165, 1.54) is 33.4 Å². The maximum atomic E-state index is 11.0. The molecule has 0 fully saturated rings. The lowest BCUT2D eigenvalue weighted by molar-refractivity contribution is 0.481. The zero-order chi connectivity index (χ0) is 20.1. The highest BCUT2D eigenvalue weighted by Crippen LogP contribution is 2.46. The van der Waals surface area contributed by atoms with E-state index >= 15 is 0 Å². The predicted molar refractivity (Wildman–Crippen MR) is 125 cm³/mol. The third-order valence-corrected chi connectivity index (χ3v) is 6.19. The summed E-state index contributed by atoms with van der Waals surface area (Å²) in [6, 6.07) is 35.9. The van der Waals surface area contributed by atoms with Crippen LogP contribution in [-0.4, -0.2) is 5.11 Å². The molecule has 5 aromatic rings. The molecule has 0 bridgehead atoms. The van der Waals surface area contributed by atoms with Crippen LogP contribution in [0.2, 0.25) is 0 Å². The van der Waals surface area contributed by atoms with Crippen molar-refractivity contribution in [1.29, 1.82) is 0 Å². The van der Waals surface area contributed by atoms with E-state index in [0.29, 0.717) is 5.75 Å². The summed E-state index contributed by atoms with van der Waals surface area (Å²) in [5.74, 6) is 0.360. The monoisotopic (exact) mass is 384 g/mol. The second-order valence-electron chi connectivity index (χ2n) is 7.94. The molecular weight excluding hydrogens is 364 g/mol. The number of hydrogen-bond acceptors (Lipinski definition) is 1. The molecule has 0 aromatic heterocycles. The molecule has 1 aliphatic rings. The van der Waals surface area contributed by atoms with Crippen LogP contribution < -0.4 is 0 Å². The molecule has 0 atom stereocenters. The van der Waals surface area contributed by atoms with E-state index in [1.54, 1.807) is 0 Å². The van der Waals surface area contributed by atoms with Crippen LogP contribution in [0.4, 0.5) is 0 Å². The highest BCUT2D eigenvalue weighted by molar-refractivity contribution is 6.10. The van der Waals surface area contributed by atoms with Crippen LogP contribution in [0.15, 0.2) is 103 Å². The summed E-state index contributed by atoms with van der Waals surface area (Å²) >= 11 is 0. The first-order chi connectivity index (χ1) is 14.8. The molecule has 1 N–H and O–H groups in total. The van der Waals surface area contributed by atoms with Crippen LogP contribution in [-0.2, 0) is 6.42 Å². The van der Waals surface area contributed by atoms with Gasteiger partial charge in [0.05, 0.1) is 0 Å². The normalized spacial score (nSPS) is 12.0. The van der Waals surface area contributed by atoms with Crippen LogP contribution in [0.25, 0.3) is 44.2 Å². The summed E-state index contributed by atoms with van der Waals surface area (Å²) in [4.78, 5) is 0. The Morgan fingerprint density at radius 2 is 1.20 bits per heavy atom. The van der Waals surface area contributed by atoms with Gasteiger partial charge in [-0.05, 0) is 62.4 Å². The quantitative estimate of drug-likeness (QED) is 0.329. The van der Waals surface area contributed by atoms with Crippen molar-refractivity contribution in [3.8, 4) is 39.1 Å². The topological polar surface area (TPSA) is 20.2 Å². The minimum Gasteiger partial charge on any atom is -0.507 e. The van der Waals surface area contributed by atoms with Crippen molar-refractivity contribution in [1.82, 2.24) is 0 Å². The fourth-order valence-electron chi connectivity index (χ4n) is 4.81. The van der Waals surface area contributed by atoms with Crippen LogP contribution in [0.1, 0.15) is 11.1 Å². The van der Waals surface area contributed by atoms with Gasteiger partial charge in [0.15, 0.2) is 0 Å². The minimum absolute atomic E-state index is 0.360. The average Bonchev–Trinajstić information content (AvgIpc) is 3.18. The van der Waals surface area contributed by atoms with E-state index in [-0.39, 0.29) is 0 Å². The van der Waals surface area contributed by atoms with Gasteiger partial charge in [-0.15, -0.1) is 0 Å². The van der Waals surface area contributed by atoms with Crippen molar-refractivity contribution in [2.75, 3.05) is 0 Å². The van der Waals surface area contributed by atoms with Crippen molar-refractivity contribution in [3.05, 3.63) is 114 Å². The number of phenols is 1. The van der Waals surface area contributed by atoms with Gasteiger partial charge in [-0.3, -0.25) is 0 Å². The third kappa shape index (κ3) is 2.56. The number of phenolic OH excluding ortho intramolecular Hbond substituents is 1. The van der Waals surface area contributed by atoms with Gasteiger partial charge < -0.3 is 5.11 Å². The van der Waals surface area contributed by atoms with Crippen LogP contribution in [0, 0.1) is 0 Å². The summed E-state index contributed by atoms with van der Waals surface area (Å²) in [5.41, 5.74) is 9.67. The summed E-state index contributed by atoms with van der Waals surface area (Å²) in [7, 11) is 0. The summed E-state index contributed by atoms with van der Waals surface area (Å²) in [5, 5.41) is 13.0. The fourth-order valence-corrected chi connectivity index (χ4v) is 4.81. The number of aromatic hydroxyl groups is 1. The van der Waals surface area contributed by atoms with E-state index in [1.807, 2.05) is 12.1 Å². The van der Waals surface area contributed by atoms with Crippen molar-refractivity contribution in [2.45, 2.75) is 6.42 Å². The first-order valence-corrected chi connectivity index (χ1v) is 10.3. The SMILES string of the molecule is Oc1cc2c(c3cccc(-c4ccc(-c5ccccc5)cc4)c13)-c1ccccc1C2. The largest absolute Gasteiger partial charge is 0.507 e. The Bertz CT molecular complexity index is 1400. The zero-order valence-corrected chi connectivity index (χ0v) is 16.5. The number of fused-ring (bicyclic) bond motifs is 5. The summed E-state index contributed by atoms with van der Waals surface area (Å²) in [6.45, 7) is 0. The van der Waals surface area contributed by atoms with Gasteiger partial charge in [-0.2, -0.15) is 0 Å². The Kier molecular flexibility index (Phi) is 3.75. The Balaban J connectivity index is 1.54. The molecule has 1 aliphatic carbocycles. The van der Waals surface area contributed by atoms with E-state index < -0.39 is 0 Å².